The number of hydrogen-bond acceptors (Lipinski definition) is 7. The molecule has 2 aliphatic heterocycles. The molecular formula is C31H29N7O. The molecule has 2 aromatic heterocycles. The Morgan fingerprint density at radius 3 is 2.56 bits per heavy atom. The van der Waals surface area contributed by atoms with Gasteiger partial charge in [-0.05, 0) is 41.7 Å². The maximum atomic E-state index is 12.0. The molecule has 0 saturated carbocycles. The summed E-state index contributed by atoms with van der Waals surface area (Å²) in [5, 5.41) is 15.4. The number of benzene rings is 2. The molecule has 1 saturated heterocycles. The fourth-order valence-electron chi connectivity index (χ4n) is 5.33. The highest BCUT2D eigenvalue weighted by molar-refractivity contribution is 5.85. The number of fused-ring (bicyclic) bond motifs is 1. The Bertz CT molecular complexity index is 1520. The lowest BCUT2D eigenvalue weighted by Gasteiger charge is -2.32. The molecule has 1 fully saturated rings. The van der Waals surface area contributed by atoms with Gasteiger partial charge in [-0.25, -0.2) is 9.97 Å². The molecule has 2 aliphatic rings. The molecule has 0 atom stereocenters. The summed E-state index contributed by atoms with van der Waals surface area (Å²) in [7, 11) is 0. The molecule has 8 nitrogen and oxygen atoms in total. The lowest BCUT2D eigenvalue weighted by Crippen LogP contribution is -2.38. The van der Waals surface area contributed by atoms with Gasteiger partial charge in [-0.3, -0.25) is 14.7 Å². The van der Waals surface area contributed by atoms with Crippen LogP contribution >= 0.6 is 0 Å². The fourth-order valence-corrected chi connectivity index (χ4v) is 5.33. The first kappa shape index (κ1) is 24.7. The Morgan fingerprint density at radius 2 is 1.79 bits per heavy atom. The molecule has 2 aromatic carbocycles. The average Bonchev–Trinajstić information content (AvgIpc) is 2.98. The van der Waals surface area contributed by atoms with Crippen LogP contribution in [0.2, 0.25) is 0 Å². The van der Waals surface area contributed by atoms with Crippen molar-refractivity contribution in [2.45, 2.75) is 38.4 Å². The molecule has 0 unspecified atom stereocenters. The lowest BCUT2D eigenvalue weighted by atomic mass is 9.94. The van der Waals surface area contributed by atoms with Gasteiger partial charge in [0.05, 0.1) is 17.8 Å². The van der Waals surface area contributed by atoms with E-state index in [2.05, 4.69) is 68.0 Å². The molecule has 1 amide bonds. The Morgan fingerprint density at radius 1 is 1.00 bits per heavy atom. The van der Waals surface area contributed by atoms with Crippen LogP contribution in [0.3, 0.4) is 0 Å². The van der Waals surface area contributed by atoms with Crippen molar-refractivity contribution in [3.05, 3.63) is 95.6 Å². The number of piperidine rings is 1. The smallest absolute Gasteiger partial charge is 0.234 e. The second-order valence-electron chi connectivity index (χ2n) is 10.1. The zero-order chi connectivity index (χ0) is 26.6. The minimum atomic E-state index is 0.0201. The highest BCUT2D eigenvalue weighted by Crippen LogP contribution is 2.33. The number of carbonyl (C=O) groups excluding carboxylic acids is 1. The highest BCUT2D eigenvalue weighted by Gasteiger charge is 2.22. The minimum absolute atomic E-state index is 0.0201. The number of nitrogens with one attached hydrogen (secondary N) is 2. The zero-order valence-electron chi connectivity index (χ0n) is 21.6. The van der Waals surface area contributed by atoms with E-state index in [0.717, 1.165) is 66.1 Å². The number of nitrogens with zero attached hydrogens (tertiary/aromatic N) is 5. The number of hydrogen-bond donors (Lipinski definition) is 2. The van der Waals surface area contributed by atoms with Crippen LogP contribution in [0.15, 0.2) is 72.9 Å². The van der Waals surface area contributed by atoms with Crippen molar-refractivity contribution < 1.29 is 4.79 Å². The van der Waals surface area contributed by atoms with Crippen LogP contribution in [-0.2, 0) is 24.3 Å². The van der Waals surface area contributed by atoms with Crippen molar-refractivity contribution in [1.29, 1.82) is 5.26 Å². The first-order chi connectivity index (χ1) is 19.1. The molecule has 0 bridgehead atoms. The molecule has 194 valence electrons. The molecule has 8 heteroatoms. The standard InChI is InChI=1S/C31H29N7O/c32-18-29-33-13-10-28(37-29)35-25-11-14-38(15-12-25)20-21-6-8-23(9-7-21)31-26(22-4-2-1-3-5-22)16-24-19-34-30(39)17-27(24)36-31/h1-10,13,16,25H,11-12,14-15,17,19-20H2,(H,34,39)(H,33,35,37). The number of aromatic nitrogens is 3. The van der Waals surface area contributed by atoms with Gasteiger partial charge in [-0.1, -0.05) is 54.6 Å². The summed E-state index contributed by atoms with van der Waals surface area (Å²) in [4.78, 5) is 27.7. The van der Waals surface area contributed by atoms with Crippen molar-refractivity contribution >= 4 is 11.7 Å². The van der Waals surface area contributed by atoms with E-state index in [9.17, 15) is 4.79 Å². The van der Waals surface area contributed by atoms with Crippen molar-refractivity contribution in [2.75, 3.05) is 18.4 Å². The van der Waals surface area contributed by atoms with Crippen molar-refractivity contribution in [2.24, 2.45) is 0 Å². The predicted octanol–water partition coefficient (Wildman–Crippen LogP) is 4.33. The normalized spacial score (nSPS) is 15.7. The monoisotopic (exact) mass is 515 g/mol. The van der Waals surface area contributed by atoms with E-state index >= 15 is 0 Å². The van der Waals surface area contributed by atoms with Gasteiger partial charge < -0.3 is 10.6 Å². The number of carbonyl (C=O) groups is 1. The third kappa shape index (κ3) is 5.64. The van der Waals surface area contributed by atoms with Gasteiger partial charge in [0.25, 0.3) is 0 Å². The van der Waals surface area contributed by atoms with E-state index in [1.54, 1.807) is 6.20 Å². The number of pyridine rings is 1. The molecular weight excluding hydrogens is 486 g/mol. The summed E-state index contributed by atoms with van der Waals surface area (Å²) in [6, 6.07) is 25.3. The molecule has 4 heterocycles. The fraction of sp³-hybridized carbons (Fsp3) is 0.258. The van der Waals surface area contributed by atoms with Crippen molar-refractivity contribution in [3.63, 3.8) is 0 Å². The minimum Gasteiger partial charge on any atom is -0.367 e. The average molecular weight is 516 g/mol. The SMILES string of the molecule is N#Cc1nccc(NC2CCN(Cc3ccc(-c4nc5c(cc4-c4ccccc4)CNC(=O)C5)cc3)CC2)n1. The van der Waals surface area contributed by atoms with E-state index in [4.69, 9.17) is 10.2 Å². The quantitative estimate of drug-likeness (QED) is 0.394. The van der Waals surface area contributed by atoms with Crippen LogP contribution in [0.25, 0.3) is 22.4 Å². The second-order valence-corrected chi connectivity index (χ2v) is 10.1. The van der Waals surface area contributed by atoms with Crippen LogP contribution in [0.4, 0.5) is 5.82 Å². The molecule has 4 aromatic rings. The second kappa shape index (κ2) is 11.0. The summed E-state index contributed by atoms with van der Waals surface area (Å²) in [6.07, 6.45) is 3.96. The number of likely N-dealkylation sites (tertiary alicyclic amines) is 1. The zero-order valence-corrected chi connectivity index (χ0v) is 21.6. The highest BCUT2D eigenvalue weighted by atomic mass is 16.1. The van der Waals surface area contributed by atoms with Crippen LogP contribution in [-0.4, -0.2) is 44.9 Å². The lowest BCUT2D eigenvalue weighted by molar-refractivity contribution is -0.121. The summed E-state index contributed by atoms with van der Waals surface area (Å²) < 4.78 is 0. The number of nitriles is 1. The number of anilines is 1. The number of amides is 1. The summed E-state index contributed by atoms with van der Waals surface area (Å²) in [5.41, 5.74) is 7.37. The Hall–Kier alpha value is -4.61. The summed E-state index contributed by atoms with van der Waals surface area (Å²) >= 11 is 0. The summed E-state index contributed by atoms with van der Waals surface area (Å²) in [6.45, 7) is 3.39. The molecule has 0 spiro atoms. The maximum absolute atomic E-state index is 12.0. The number of rotatable bonds is 6. The maximum Gasteiger partial charge on any atom is 0.234 e. The predicted molar refractivity (Wildman–Crippen MR) is 149 cm³/mol. The van der Waals surface area contributed by atoms with Gasteiger partial charge in [0.1, 0.15) is 11.9 Å². The molecule has 6 rings (SSSR count). The van der Waals surface area contributed by atoms with Gasteiger partial charge in [0, 0.05) is 49.5 Å². The van der Waals surface area contributed by atoms with Crippen LogP contribution in [0, 0.1) is 11.3 Å². The van der Waals surface area contributed by atoms with Crippen LogP contribution in [0.5, 0.6) is 0 Å². The Balaban J connectivity index is 1.15. The third-order valence-electron chi connectivity index (χ3n) is 7.41. The molecule has 2 N–H and O–H groups in total. The summed E-state index contributed by atoms with van der Waals surface area (Å²) in [5.74, 6) is 0.918. The molecule has 39 heavy (non-hydrogen) atoms. The van der Waals surface area contributed by atoms with Crippen molar-refractivity contribution in [1.82, 2.24) is 25.2 Å². The topological polar surface area (TPSA) is 107 Å². The first-order valence-corrected chi connectivity index (χ1v) is 13.3. The third-order valence-corrected chi connectivity index (χ3v) is 7.41. The molecule has 0 radical (unpaired) electrons. The van der Waals surface area contributed by atoms with Crippen molar-refractivity contribution in [3.8, 4) is 28.5 Å². The van der Waals surface area contributed by atoms with E-state index in [1.807, 2.05) is 30.3 Å². The largest absolute Gasteiger partial charge is 0.367 e. The van der Waals surface area contributed by atoms with Gasteiger partial charge in [0.15, 0.2) is 0 Å². The van der Waals surface area contributed by atoms with E-state index in [0.29, 0.717) is 24.8 Å². The van der Waals surface area contributed by atoms with Gasteiger partial charge in [-0.15, -0.1) is 0 Å². The van der Waals surface area contributed by atoms with Crippen LogP contribution < -0.4 is 10.6 Å². The van der Waals surface area contributed by atoms with Crippen LogP contribution in [0.1, 0.15) is 35.5 Å². The van der Waals surface area contributed by atoms with E-state index in [-0.39, 0.29) is 11.7 Å². The van der Waals surface area contributed by atoms with Gasteiger partial charge >= 0.3 is 0 Å². The van der Waals surface area contributed by atoms with Gasteiger partial charge in [0.2, 0.25) is 11.7 Å². The van der Waals surface area contributed by atoms with E-state index < -0.39 is 0 Å². The van der Waals surface area contributed by atoms with Gasteiger partial charge in [-0.2, -0.15) is 5.26 Å². The Kier molecular flexibility index (Phi) is 6.98. The van der Waals surface area contributed by atoms with E-state index in [1.165, 1.54) is 5.56 Å². The molecule has 0 aliphatic carbocycles. The Labute approximate surface area is 227 Å². The first-order valence-electron chi connectivity index (χ1n) is 13.3.